The number of rotatable bonds is 11. The molecule has 7 aromatic rings. The molecule has 16 rings (SSSR count). The number of benzene rings is 7. The van der Waals surface area contributed by atoms with Crippen LogP contribution in [0.15, 0.2) is 115 Å². The van der Waals surface area contributed by atoms with E-state index in [1.165, 1.54) is 30.3 Å². The number of phenolic OH excluding ortho intramolecular Hbond substituents is 4. The van der Waals surface area contributed by atoms with Crippen LogP contribution in [-0.4, -0.2) is 248 Å². The van der Waals surface area contributed by atoms with Gasteiger partial charge in [0.15, 0.2) is 35.3 Å². The molecule has 0 unspecified atom stereocenters. The van der Waals surface area contributed by atoms with Crippen molar-refractivity contribution in [3.8, 4) is 80.1 Å². The number of carbonyl (C=O) groups excluding carboxylic acids is 7. The molecule has 121 heavy (non-hydrogen) atoms. The van der Waals surface area contributed by atoms with Crippen LogP contribution < -0.4 is 72.4 Å². The van der Waals surface area contributed by atoms with Gasteiger partial charge in [0.1, 0.15) is 150 Å². The standard InChI is InChI=1S/C78H79Cl2N9O32/c1-25(93)83-58-64(102)61(99)49(23-91)118-77(58)120-67-29-5-9-43(38(80)15-29)115-47-18-31-17-46(68(47)121-76-53(82)63(101)60(98)48(22-90)117-76)114-42-8-2-26(10-37(42)79)11-39-69(105)85-55(30-12-32(94)19-34(13-30)113-44-16-27(3-7-41(44)97)52(81)70(106)84-39)72(108)87-56(31)73(109)86-54-28-4-6-40(96)35(14-28)51-36(57(75(111)112)88-74(110)59(67)89-71(54)107)20-33(95)21-45(51)116-78-66(104)65(103)62(100)50(24-92)119-78/h2-10,12-21,39,48-50,52-67,76-78,90-92,94-104H,11,22-24,81-82H2,1H3,(H,83,93)(H,84,106)(H,85,105)(H,86,109)(H,87,108)(H,88,110)(H,89,107)(H,111,112)/t39-,48-,49-,50-,52+,53-,54-,55+,56-,57-,58-,59+,60-,61-,62-,63-,64-,65+,66+,67-,76+,77+,78+/m1/s1. The number of carbonyl (C=O) groups is 8. The largest absolute Gasteiger partial charge is 0.508 e. The summed E-state index contributed by atoms with van der Waals surface area (Å²) in [7, 11) is 0. The van der Waals surface area contributed by atoms with Crippen molar-refractivity contribution in [1.29, 1.82) is 0 Å². The maximum atomic E-state index is 16.8. The van der Waals surface area contributed by atoms with Gasteiger partial charge in [0.25, 0.3) is 0 Å². The number of aliphatic hydroxyl groups excluding tert-OH is 10. The Morgan fingerprint density at radius 1 is 0.496 bits per heavy atom. The van der Waals surface area contributed by atoms with Crippen LogP contribution in [0.4, 0.5) is 0 Å². The first-order chi connectivity index (χ1) is 57.6. The van der Waals surface area contributed by atoms with Crippen molar-refractivity contribution in [3.05, 3.63) is 164 Å². The molecule has 0 saturated carbocycles. The Kier molecular flexibility index (Phi) is 24.7. The van der Waals surface area contributed by atoms with Crippen molar-refractivity contribution < 1.29 is 158 Å². The van der Waals surface area contributed by atoms with E-state index in [9.17, 15) is 91.0 Å². The van der Waals surface area contributed by atoms with E-state index in [-0.39, 0.29) is 44.5 Å². The molecule has 26 N–H and O–H groups in total. The summed E-state index contributed by atoms with van der Waals surface area (Å²) in [5.74, 6) is -18.6. The SMILES string of the molecule is CC(=O)N[C@H]1[C@H](O[C@@H]2c3ccc(c(Cl)c3)Oc3cc4cc(c3O[C@@H]3O[C@H](CO)[C@@H](O)[C@H](O)[C@H]3N)Oc3ccc(cc3Cl)C[C@H]3NC(=O)[C@@H](N)c5ccc(O)c(c5)Oc5cc(O)cc(c5)[C@H](NC3=O)C(=O)N[C@H]4C(=O)N[C@H]3C(=O)N[C@@H]2C(=O)N[C@@H](C(=O)O)c2cc(O)cc(O[C@H]4O[C@H](CO)[C@@H](O)[C@H](O)[C@@H]4O)c2-c2cc3ccc2O)O[C@H](CO)[C@@H](O)[C@@H]1O. The number of phenols is 4. The predicted octanol–water partition coefficient (Wildman–Crippen LogP) is -2.13. The van der Waals surface area contributed by atoms with Crippen molar-refractivity contribution in [2.45, 2.75) is 154 Å². The highest BCUT2D eigenvalue weighted by Crippen LogP contribution is 2.51. The molecule has 9 aliphatic heterocycles. The monoisotopic (exact) mass is 1720 g/mol. The van der Waals surface area contributed by atoms with Crippen LogP contribution in [-0.2, 0) is 63.7 Å². The molecule has 9 aliphatic rings. The smallest absolute Gasteiger partial charge is 0.330 e. The summed E-state index contributed by atoms with van der Waals surface area (Å²) in [6, 6.07) is 0.910. The minimum atomic E-state index is -2.57. The van der Waals surface area contributed by atoms with E-state index in [0.717, 1.165) is 91.9 Å². The molecule has 0 aliphatic carbocycles. The van der Waals surface area contributed by atoms with Gasteiger partial charge in [-0.15, -0.1) is 0 Å². The zero-order valence-electron chi connectivity index (χ0n) is 62.6. The Bertz CT molecular complexity index is 5240. The van der Waals surface area contributed by atoms with Crippen molar-refractivity contribution in [2.75, 3.05) is 19.8 Å². The quantitative estimate of drug-likeness (QED) is 0.0657. The first-order valence-corrected chi connectivity index (χ1v) is 37.9. The first-order valence-electron chi connectivity index (χ1n) is 37.1. The van der Waals surface area contributed by atoms with Crippen LogP contribution in [0, 0.1) is 0 Å². The number of aromatic hydroxyl groups is 4. The Balaban J connectivity index is 1.04. The normalized spacial score (nSPS) is 30.5. The Morgan fingerprint density at radius 3 is 1.69 bits per heavy atom. The van der Waals surface area contributed by atoms with Gasteiger partial charge in [-0.2, -0.15) is 0 Å². The Hall–Kier alpha value is -11.6. The molecule has 0 radical (unpaired) electrons. The van der Waals surface area contributed by atoms with E-state index in [2.05, 4.69) is 37.2 Å². The van der Waals surface area contributed by atoms with Gasteiger partial charge >= 0.3 is 5.97 Å². The number of amides is 7. The molecule has 23 atom stereocenters. The van der Waals surface area contributed by atoms with Crippen LogP contribution in [0.1, 0.15) is 82.2 Å². The van der Waals surface area contributed by atoms with Crippen LogP contribution in [0.3, 0.4) is 0 Å². The molecular formula is C78H79Cl2N9O32. The van der Waals surface area contributed by atoms with E-state index in [1.807, 2.05) is 0 Å². The number of fused-ring (bicyclic) bond motifs is 14. The highest BCUT2D eigenvalue weighted by molar-refractivity contribution is 6.32. The number of halogens is 2. The summed E-state index contributed by atoms with van der Waals surface area (Å²) in [4.78, 5) is 123. The molecule has 3 fully saturated rings. The van der Waals surface area contributed by atoms with Gasteiger partial charge in [-0.05, 0) is 112 Å². The zero-order chi connectivity index (χ0) is 86.8. The second-order valence-electron chi connectivity index (χ2n) is 29.3. The highest BCUT2D eigenvalue weighted by Gasteiger charge is 2.52. The molecule has 0 spiro atoms. The Labute approximate surface area is 691 Å². The number of ether oxygens (including phenoxy) is 9. The number of nitrogens with one attached hydrogen (secondary N) is 7. The van der Waals surface area contributed by atoms with Gasteiger partial charge in [-0.3, -0.25) is 33.6 Å². The lowest BCUT2D eigenvalue weighted by Crippen LogP contribution is -2.65. The van der Waals surface area contributed by atoms with Crippen LogP contribution in [0.5, 0.6) is 69.0 Å². The fourth-order valence-corrected chi connectivity index (χ4v) is 15.4. The summed E-state index contributed by atoms with van der Waals surface area (Å²) in [6.07, 6.45) is -28.6. The van der Waals surface area contributed by atoms with Crippen LogP contribution in [0.2, 0.25) is 10.0 Å². The maximum absolute atomic E-state index is 16.8. The van der Waals surface area contributed by atoms with Gasteiger partial charge in [-0.1, -0.05) is 47.5 Å². The van der Waals surface area contributed by atoms with E-state index < -0.39 is 299 Å². The predicted molar refractivity (Wildman–Crippen MR) is 407 cm³/mol. The van der Waals surface area contributed by atoms with Crippen molar-refractivity contribution in [3.63, 3.8) is 0 Å². The van der Waals surface area contributed by atoms with Gasteiger partial charge in [0.2, 0.25) is 59.7 Å². The summed E-state index contributed by atoms with van der Waals surface area (Å²) in [6.45, 7) is -2.10. The fourth-order valence-electron chi connectivity index (χ4n) is 14.9. The topological polar surface area (TPSA) is 659 Å². The number of hydrogen-bond donors (Lipinski definition) is 24. The number of carboxylic acid groups (broad SMARTS) is 1. The van der Waals surface area contributed by atoms with E-state index >= 15 is 24.0 Å². The van der Waals surface area contributed by atoms with Gasteiger partial charge in [0, 0.05) is 42.2 Å². The van der Waals surface area contributed by atoms with Gasteiger partial charge in [-0.25, -0.2) is 4.79 Å². The minimum Gasteiger partial charge on any atom is -0.508 e. The summed E-state index contributed by atoms with van der Waals surface area (Å²) in [5, 5.41) is 185. The van der Waals surface area contributed by atoms with E-state index in [0.29, 0.717) is 0 Å². The second-order valence-corrected chi connectivity index (χ2v) is 30.1. The van der Waals surface area contributed by atoms with Gasteiger partial charge in [0.05, 0.1) is 35.9 Å². The third-order valence-electron chi connectivity index (χ3n) is 21.2. The molecule has 7 amide bonds. The summed E-state index contributed by atoms with van der Waals surface area (Å²) in [5.41, 5.74) is 9.40. The summed E-state index contributed by atoms with van der Waals surface area (Å²) < 4.78 is 56.4. The number of hydrogen-bond acceptors (Lipinski definition) is 33. The first kappa shape index (κ1) is 85.8. The molecule has 7 aromatic carbocycles. The molecule has 43 heteroatoms. The molecule has 642 valence electrons. The van der Waals surface area contributed by atoms with E-state index in [1.54, 1.807) is 0 Å². The lowest BCUT2D eigenvalue weighted by Gasteiger charge is -2.44. The molecule has 0 aromatic heterocycles. The van der Waals surface area contributed by atoms with Crippen molar-refractivity contribution in [1.82, 2.24) is 37.2 Å². The van der Waals surface area contributed by atoms with Crippen LogP contribution in [0.25, 0.3) is 11.1 Å². The number of carboxylic acids is 1. The molecule has 41 nitrogen and oxygen atoms in total. The molecule has 3 saturated heterocycles. The van der Waals surface area contributed by atoms with Crippen LogP contribution >= 0.6 is 23.2 Å². The summed E-state index contributed by atoms with van der Waals surface area (Å²) >= 11 is 14.5. The third kappa shape index (κ3) is 17.3. The fraction of sp³-hybridized carbons (Fsp3) is 0.359. The van der Waals surface area contributed by atoms with Crippen molar-refractivity contribution in [2.24, 2.45) is 11.5 Å². The zero-order valence-corrected chi connectivity index (χ0v) is 64.1. The average molecular weight is 1730 g/mol. The van der Waals surface area contributed by atoms with Crippen molar-refractivity contribution >= 4 is 70.5 Å². The van der Waals surface area contributed by atoms with E-state index in [4.69, 9.17) is 77.3 Å². The molecular weight excluding hydrogens is 1650 g/mol. The lowest BCUT2D eigenvalue weighted by atomic mass is 9.89. The highest BCUT2D eigenvalue weighted by atomic mass is 35.5. The number of nitrogens with two attached hydrogens (primary N) is 2. The maximum Gasteiger partial charge on any atom is 0.330 e. The average Bonchev–Trinajstić information content (AvgIpc) is 0.745. The Morgan fingerprint density at radius 2 is 1.05 bits per heavy atom. The molecule has 17 bridgehead atoms. The lowest BCUT2D eigenvalue weighted by molar-refractivity contribution is -0.284. The minimum absolute atomic E-state index is 0.0346. The molecule has 9 heterocycles. The number of aliphatic carboxylic acids is 1. The van der Waals surface area contributed by atoms with Gasteiger partial charge < -0.3 is 168 Å². The third-order valence-corrected chi connectivity index (χ3v) is 21.8. The second kappa shape index (κ2) is 34.9. The number of aliphatic hydroxyl groups is 10.